The Labute approximate surface area is 147 Å². The van der Waals surface area contributed by atoms with Crippen LogP contribution in [0.1, 0.15) is 11.1 Å². The maximum Gasteiger partial charge on any atom is 0.416 e. The molecule has 3 rings (SSSR count). The fourth-order valence-corrected chi connectivity index (χ4v) is 2.99. The van der Waals surface area contributed by atoms with Crippen molar-refractivity contribution in [2.45, 2.75) is 11.5 Å². The highest BCUT2D eigenvalue weighted by Gasteiger charge is 2.30. The second-order valence-electron chi connectivity index (χ2n) is 5.46. The van der Waals surface area contributed by atoms with Crippen molar-refractivity contribution in [3.63, 3.8) is 0 Å². The van der Waals surface area contributed by atoms with Gasteiger partial charge in [0.05, 0.1) is 5.56 Å². The van der Waals surface area contributed by atoms with Crippen molar-refractivity contribution in [3.05, 3.63) is 83.9 Å². The lowest BCUT2D eigenvalue weighted by molar-refractivity contribution is -0.137. The Morgan fingerprint density at radius 2 is 1.42 bits per heavy atom. The molecule has 24 heavy (non-hydrogen) atoms. The van der Waals surface area contributed by atoms with E-state index in [4.69, 9.17) is 0 Å². The maximum absolute atomic E-state index is 13.0. The van der Waals surface area contributed by atoms with Crippen LogP contribution in [-0.4, -0.2) is 0 Å². The Balaban J connectivity index is 2.19. The zero-order valence-electron chi connectivity index (χ0n) is 12.6. The van der Waals surface area contributed by atoms with Crippen LogP contribution in [0.2, 0.25) is 0 Å². The fourth-order valence-electron chi connectivity index (χ4n) is 2.65. The summed E-state index contributed by atoms with van der Waals surface area (Å²) >= 11 is 3.41. The van der Waals surface area contributed by atoms with E-state index in [1.807, 2.05) is 48.5 Å². The van der Waals surface area contributed by atoms with Gasteiger partial charge in [0.1, 0.15) is 0 Å². The minimum absolute atomic E-state index is 0.562. The number of rotatable bonds is 3. The first-order chi connectivity index (χ1) is 11.5. The zero-order valence-corrected chi connectivity index (χ0v) is 14.2. The lowest BCUT2D eigenvalue weighted by Crippen LogP contribution is -2.04. The molecule has 0 saturated heterocycles. The molecule has 0 nitrogen and oxygen atoms in total. The minimum atomic E-state index is -4.35. The molecule has 0 unspecified atom stereocenters. The third-order valence-electron chi connectivity index (χ3n) is 3.82. The molecule has 0 atom stereocenters. The number of alkyl halides is 4. The molecule has 0 aliphatic carbocycles. The third kappa shape index (κ3) is 3.54. The summed E-state index contributed by atoms with van der Waals surface area (Å²) in [5, 5.41) is 0.647. The lowest BCUT2D eigenvalue weighted by Gasteiger charge is -2.14. The summed E-state index contributed by atoms with van der Waals surface area (Å²) < 4.78 is 39.1. The van der Waals surface area contributed by atoms with Gasteiger partial charge in [-0.2, -0.15) is 13.2 Å². The van der Waals surface area contributed by atoms with Crippen molar-refractivity contribution in [2.24, 2.45) is 0 Å². The smallest absolute Gasteiger partial charge is 0.166 e. The largest absolute Gasteiger partial charge is 0.416 e. The van der Waals surface area contributed by atoms with Gasteiger partial charge in [-0.05, 0) is 46.0 Å². The SMILES string of the molecule is FC(F)(F)c1cccc(-c2cc(CBr)ccc2-c2ccccc2)c1. The summed E-state index contributed by atoms with van der Waals surface area (Å²) in [6.07, 6.45) is -4.35. The molecule has 0 bridgehead atoms. The Morgan fingerprint density at radius 3 is 2.08 bits per heavy atom. The third-order valence-corrected chi connectivity index (χ3v) is 4.47. The standard InChI is InChI=1S/C20H14BrF3/c21-13-14-9-10-18(15-5-2-1-3-6-15)19(11-14)16-7-4-8-17(12-16)20(22,23)24/h1-12H,13H2. The van der Waals surface area contributed by atoms with E-state index in [2.05, 4.69) is 15.9 Å². The van der Waals surface area contributed by atoms with Gasteiger partial charge in [0.2, 0.25) is 0 Å². The van der Waals surface area contributed by atoms with E-state index in [1.165, 1.54) is 12.1 Å². The van der Waals surface area contributed by atoms with Crippen LogP contribution in [0.3, 0.4) is 0 Å². The van der Waals surface area contributed by atoms with Gasteiger partial charge in [0.25, 0.3) is 0 Å². The maximum atomic E-state index is 13.0. The molecular weight excluding hydrogens is 377 g/mol. The predicted molar refractivity (Wildman–Crippen MR) is 94.9 cm³/mol. The van der Waals surface area contributed by atoms with Crippen LogP contribution in [0.15, 0.2) is 72.8 Å². The van der Waals surface area contributed by atoms with E-state index in [0.717, 1.165) is 28.3 Å². The zero-order chi connectivity index (χ0) is 17.2. The molecule has 0 fully saturated rings. The van der Waals surface area contributed by atoms with E-state index in [1.54, 1.807) is 6.07 Å². The van der Waals surface area contributed by atoms with Crippen LogP contribution in [0, 0.1) is 0 Å². The minimum Gasteiger partial charge on any atom is -0.166 e. The van der Waals surface area contributed by atoms with Crippen molar-refractivity contribution < 1.29 is 13.2 Å². The highest BCUT2D eigenvalue weighted by molar-refractivity contribution is 9.08. The van der Waals surface area contributed by atoms with Gasteiger partial charge in [0, 0.05) is 5.33 Å². The molecule has 0 amide bonds. The molecule has 3 aromatic rings. The summed E-state index contributed by atoms with van der Waals surface area (Å²) in [4.78, 5) is 0. The van der Waals surface area contributed by atoms with Crippen LogP contribution in [0.4, 0.5) is 13.2 Å². The van der Waals surface area contributed by atoms with Gasteiger partial charge in [-0.3, -0.25) is 0 Å². The average molecular weight is 391 g/mol. The lowest BCUT2D eigenvalue weighted by atomic mass is 9.92. The quantitative estimate of drug-likeness (QED) is 0.425. The van der Waals surface area contributed by atoms with Crippen molar-refractivity contribution in [1.82, 2.24) is 0 Å². The van der Waals surface area contributed by atoms with Crippen molar-refractivity contribution >= 4 is 15.9 Å². The van der Waals surface area contributed by atoms with Crippen LogP contribution in [0.5, 0.6) is 0 Å². The summed E-state index contributed by atoms with van der Waals surface area (Å²) in [6, 6.07) is 21.0. The summed E-state index contributed by atoms with van der Waals surface area (Å²) in [5.74, 6) is 0. The Morgan fingerprint density at radius 1 is 0.708 bits per heavy atom. The number of benzene rings is 3. The molecule has 0 aromatic heterocycles. The van der Waals surface area contributed by atoms with Crippen LogP contribution >= 0.6 is 15.9 Å². The molecule has 0 radical (unpaired) electrons. The van der Waals surface area contributed by atoms with Gasteiger partial charge in [0.15, 0.2) is 0 Å². The second kappa shape index (κ2) is 6.81. The molecule has 0 aliphatic heterocycles. The monoisotopic (exact) mass is 390 g/mol. The van der Waals surface area contributed by atoms with Crippen LogP contribution in [-0.2, 0) is 11.5 Å². The van der Waals surface area contributed by atoms with Gasteiger partial charge in [-0.15, -0.1) is 0 Å². The Hall–Kier alpha value is -2.07. The van der Waals surface area contributed by atoms with Crippen LogP contribution in [0.25, 0.3) is 22.3 Å². The van der Waals surface area contributed by atoms with E-state index >= 15 is 0 Å². The van der Waals surface area contributed by atoms with E-state index in [9.17, 15) is 13.2 Å². The van der Waals surface area contributed by atoms with E-state index in [-0.39, 0.29) is 0 Å². The molecular formula is C20H14BrF3. The molecule has 0 saturated carbocycles. The number of hydrogen-bond acceptors (Lipinski definition) is 0. The van der Waals surface area contributed by atoms with Gasteiger partial charge >= 0.3 is 6.18 Å². The molecule has 0 spiro atoms. The Kier molecular flexibility index (Phi) is 4.76. The molecule has 4 heteroatoms. The highest BCUT2D eigenvalue weighted by atomic mass is 79.9. The normalized spacial score (nSPS) is 11.5. The summed E-state index contributed by atoms with van der Waals surface area (Å²) in [7, 11) is 0. The Bertz CT molecular complexity index is 839. The highest BCUT2D eigenvalue weighted by Crippen LogP contribution is 2.37. The molecule has 0 aliphatic rings. The first-order valence-electron chi connectivity index (χ1n) is 7.41. The fraction of sp³-hybridized carbons (Fsp3) is 0.100. The van der Waals surface area contributed by atoms with Crippen LogP contribution < -0.4 is 0 Å². The second-order valence-corrected chi connectivity index (χ2v) is 6.02. The van der Waals surface area contributed by atoms with Crippen molar-refractivity contribution in [3.8, 4) is 22.3 Å². The average Bonchev–Trinajstić information content (AvgIpc) is 2.61. The summed E-state index contributed by atoms with van der Waals surface area (Å²) in [5.41, 5.74) is 3.63. The van der Waals surface area contributed by atoms with Gasteiger partial charge in [-0.1, -0.05) is 70.5 Å². The molecule has 0 heterocycles. The topological polar surface area (TPSA) is 0 Å². The predicted octanol–water partition coefficient (Wildman–Crippen LogP) is 6.93. The number of hydrogen-bond donors (Lipinski definition) is 0. The number of halogens is 4. The molecule has 0 N–H and O–H groups in total. The van der Waals surface area contributed by atoms with Gasteiger partial charge in [-0.25, -0.2) is 0 Å². The molecule has 122 valence electrons. The first kappa shape index (κ1) is 16.8. The summed E-state index contributed by atoms with van der Waals surface area (Å²) in [6.45, 7) is 0. The first-order valence-corrected chi connectivity index (χ1v) is 8.53. The van der Waals surface area contributed by atoms with E-state index < -0.39 is 11.7 Å². The van der Waals surface area contributed by atoms with E-state index in [0.29, 0.717) is 10.9 Å². The van der Waals surface area contributed by atoms with Crippen molar-refractivity contribution in [2.75, 3.05) is 0 Å². The van der Waals surface area contributed by atoms with Gasteiger partial charge < -0.3 is 0 Å². The molecule has 3 aromatic carbocycles. The van der Waals surface area contributed by atoms with Crippen molar-refractivity contribution in [1.29, 1.82) is 0 Å².